The molecule has 3 rings (SSSR count). The molecule has 4 amide bonds. The highest BCUT2D eigenvalue weighted by Gasteiger charge is 2.51. The van der Waals surface area contributed by atoms with Gasteiger partial charge in [0.25, 0.3) is 5.91 Å². The predicted molar refractivity (Wildman–Crippen MR) is 94.0 cm³/mol. The number of nitrogens with one attached hydrogen (secondary N) is 1. The van der Waals surface area contributed by atoms with Crippen molar-refractivity contribution >= 4 is 17.8 Å². The number of aryl methyl sites for hydroxylation is 1. The van der Waals surface area contributed by atoms with E-state index in [2.05, 4.69) is 5.32 Å². The van der Waals surface area contributed by atoms with Gasteiger partial charge in [0.15, 0.2) is 5.54 Å². The molecule has 1 saturated heterocycles. The van der Waals surface area contributed by atoms with Gasteiger partial charge in [0.2, 0.25) is 5.91 Å². The Labute approximate surface area is 151 Å². The van der Waals surface area contributed by atoms with Crippen LogP contribution in [-0.2, 0) is 21.7 Å². The van der Waals surface area contributed by atoms with E-state index in [1.165, 1.54) is 11.2 Å². The second-order valence-electron chi connectivity index (χ2n) is 6.60. The van der Waals surface area contributed by atoms with E-state index in [4.69, 9.17) is 4.42 Å². The van der Waals surface area contributed by atoms with Gasteiger partial charge < -0.3 is 14.6 Å². The van der Waals surface area contributed by atoms with Crippen molar-refractivity contribution in [2.24, 2.45) is 0 Å². The van der Waals surface area contributed by atoms with Crippen LogP contribution in [0, 0.1) is 6.92 Å². The maximum Gasteiger partial charge on any atom is 0.325 e. The molecule has 26 heavy (non-hydrogen) atoms. The molecule has 0 bridgehead atoms. The summed E-state index contributed by atoms with van der Waals surface area (Å²) < 4.78 is 5.27. The van der Waals surface area contributed by atoms with Crippen LogP contribution in [0.4, 0.5) is 4.79 Å². The van der Waals surface area contributed by atoms with Crippen molar-refractivity contribution in [3.05, 3.63) is 59.5 Å². The molecule has 1 unspecified atom stereocenters. The molecule has 2 heterocycles. The normalized spacial score (nSPS) is 19.6. The Kier molecular flexibility index (Phi) is 4.54. The molecule has 0 aliphatic carbocycles. The summed E-state index contributed by atoms with van der Waals surface area (Å²) in [6, 6.07) is 10.4. The molecular formula is C19H21N3O4. The van der Waals surface area contributed by atoms with Crippen LogP contribution >= 0.6 is 0 Å². The van der Waals surface area contributed by atoms with Crippen molar-refractivity contribution in [3.63, 3.8) is 0 Å². The number of likely N-dealkylation sites (N-methyl/N-ethyl adjacent to an activating group) is 1. The molecule has 1 aliphatic rings. The maximum absolute atomic E-state index is 12.7. The van der Waals surface area contributed by atoms with Gasteiger partial charge in [-0.25, -0.2) is 4.79 Å². The van der Waals surface area contributed by atoms with Gasteiger partial charge in [-0.2, -0.15) is 0 Å². The number of amides is 4. The fraction of sp³-hybridized carbons (Fsp3) is 0.316. The van der Waals surface area contributed by atoms with Crippen LogP contribution in [0.1, 0.15) is 23.8 Å². The number of nitrogens with zero attached hydrogens (tertiary/aromatic N) is 2. The van der Waals surface area contributed by atoms with Gasteiger partial charge in [-0.15, -0.1) is 0 Å². The van der Waals surface area contributed by atoms with Gasteiger partial charge in [-0.05, 0) is 37.1 Å². The maximum atomic E-state index is 12.7. The Balaban J connectivity index is 1.70. The summed E-state index contributed by atoms with van der Waals surface area (Å²) in [7, 11) is 1.65. The minimum Gasteiger partial charge on any atom is -0.466 e. The quantitative estimate of drug-likeness (QED) is 0.832. The smallest absolute Gasteiger partial charge is 0.325 e. The van der Waals surface area contributed by atoms with Crippen LogP contribution in [0.3, 0.4) is 0 Å². The fourth-order valence-electron chi connectivity index (χ4n) is 2.96. The second kappa shape index (κ2) is 6.67. The van der Waals surface area contributed by atoms with Crippen LogP contribution in [0.5, 0.6) is 0 Å². The summed E-state index contributed by atoms with van der Waals surface area (Å²) in [6.45, 7) is 3.63. The van der Waals surface area contributed by atoms with Crippen LogP contribution in [0.25, 0.3) is 0 Å². The second-order valence-corrected chi connectivity index (χ2v) is 6.60. The highest BCUT2D eigenvalue weighted by molar-refractivity contribution is 6.08. The first-order valence-electron chi connectivity index (χ1n) is 8.29. The summed E-state index contributed by atoms with van der Waals surface area (Å²) in [5.74, 6) is -0.491. The van der Waals surface area contributed by atoms with E-state index < -0.39 is 17.5 Å². The van der Waals surface area contributed by atoms with Crippen LogP contribution in [0.15, 0.2) is 47.1 Å². The lowest BCUT2D eigenvalue weighted by atomic mass is 9.99. The van der Waals surface area contributed by atoms with Crippen LogP contribution < -0.4 is 5.32 Å². The van der Waals surface area contributed by atoms with Gasteiger partial charge in [0.1, 0.15) is 12.3 Å². The van der Waals surface area contributed by atoms with Crippen molar-refractivity contribution in [2.45, 2.75) is 25.9 Å². The number of urea groups is 1. The van der Waals surface area contributed by atoms with Crippen molar-refractivity contribution in [1.29, 1.82) is 0 Å². The molecular weight excluding hydrogens is 334 g/mol. The lowest BCUT2D eigenvalue weighted by Crippen LogP contribution is -2.43. The molecule has 7 nitrogen and oxygen atoms in total. The molecule has 0 radical (unpaired) electrons. The Morgan fingerprint density at radius 2 is 1.96 bits per heavy atom. The molecule has 1 aliphatic heterocycles. The van der Waals surface area contributed by atoms with E-state index in [0.717, 1.165) is 16.0 Å². The number of hydrogen-bond acceptors (Lipinski definition) is 4. The van der Waals surface area contributed by atoms with Gasteiger partial charge in [0.05, 0.1) is 6.26 Å². The topological polar surface area (TPSA) is 82.9 Å². The number of hydrogen-bond donors (Lipinski definition) is 1. The highest BCUT2D eigenvalue weighted by atomic mass is 16.3. The number of benzene rings is 1. The van der Waals surface area contributed by atoms with E-state index in [9.17, 15) is 14.4 Å². The third-order valence-corrected chi connectivity index (χ3v) is 4.68. The Hall–Kier alpha value is -3.09. The average Bonchev–Trinajstić information content (AvgIpc) is 3.21. The first kappa shape index (κ1) is 17.7. The zero-order valence-electron chi connectivity index (χ0n) is 15.0. The molecule has 136 valence electrons. The van der Waals surface area contributed by atoms with Crippen molar-refractivity contribution < 1.29 is 18.8 Å². The van der Waals surface area contributed by atoms with Gasteiger partial charge >= 0.3 is 6.03 Å². The minimum absolute atomic E-state index is 0.316. The molecule has 0 spiro atoms. The van der Waals surface area contributed by atoms with Crippen LogP contribution in [0.2, 0.25) is 0 Å². The minimum atomic E-state index is -1.30. The lowest BCUT2D eigenvalue weighted by Gasteiger charge is -2.22. The van der Waals surface area contributed by atoms with Crippen LogP contribution in [-0.4, -0.2) is 41.2 Å². The zero-order chi connectivity index (χ0) is 18.9. The van der Waals surface area contributed by atoms with Crippen molar-refractivity contribution in [2.75, 3.05) is 13.6 Å². The molecule has 1 aromatic heterocycles. The van der Waals surface area contributed by atoms with E-state index in [0.29, 0.717) is 12.3 Å². The molecule has 1 fully saturated rings. The van der Waals surface area contributed by atoms with E-state index in [1.807, 2.05) is 31.2 Å². The Bertz CT molecular complexity index is 846. The van der Waals surface area contributed by atoms with Crippen molar-refractivity contribution in [3.8, 4) is 0 Å². The highest BCUT2D eigenvalue weighted by Crippen LogP contribution is 2.29. The number of carbonyl (C=O) groups is 3. The molecule has 1 atom stereocenters. The SMILES string of the molecule is Cc1ccccc1CN(C)C(=O)CN1C(=O)NC(C)(c2ccco2)C1=O. The largest absolute Gasteiger partial charge is 0.466 e. The first-order valence-corrected chi connectivity index (χ1v) is 8.29. The summed E-state index contributed by atoms with van der Waals surface area (Å²) in [5.41, 5.74) is 0.795. The van der Waals surface area contributed by atoms with Crippen molar-refractivity contribution in [1.82, 2.24) is 15.1 Å². The van der Waals surface area contributed by atoms with E-state index >= 15 is 0 Å². The zero-order valence-corrected chi connectivity index (χ0v) is 15.0. The third kappa shape index (κ3) is 3.08. The Morgan fingerprint density at radius 3 is 2.62 bits per heavy atom. The number of rotatable bonds is 5. The summed E-state index contributed by atoms with van der Waals surface area (Å²) in [4.78, 5) is 39.9. The standard InChI is InChI=1S/C19H21N3O4/c1-13-7-4-5-8-14(13)11-21(3)16(23)12-22-17(24)19(2,20-18(22)25)15-9-6-10-26-15/h4-10H,11-12H2,1-3H3,(H,20,25). The Morgan fingerprint density at radius 1 is 1.23 bits per heavy atom. The molecule has 0 saturated carbocycles. The van der Waals surface area contributed by atoms with Gasteiger partial charge in [0, 0.05) is 13.6 Å². The number of furan rings is 1. The number of imide groups is 1. The predicted octanol–water partition coefficient (Wildman–Crippen LogP) is 2.01. The molecule has 7 heteroatoms. The molecule has 1 aromatic carbocycles. The average molecular weight is 355 g/mol. The van der Waals surface area contributed by atoms with E-state index in [1.54, 1.807) is 26.1 Å². The fourth-order valence-corrected chi connectivity index (χ4v) is 2.96. The summed E-state index contributed by atoms with van der Waals surface area (Å²) in [5, 5.41) is 2.61. The summed E-state index contributed by atoms with van der Waals surface area (Å²) >= 11 is 0. The first-order chi connectivity index (χ1) is 12.3. The molecule has 2 aromatic rings. The molecule has 1 N–H and O–H groups in total. The van der Waals surface area contributed by atoms with Gasteiger partial charge in [-0.3, -0.25) is 14.5 Å². The monoisotopic (exact) mass is 355 g/mol. The van der Waals surface area contributed by atoms with Gasteiger partial charge in [-0.1, -0.05) is 24.3 Å². The lowest BCUT2D eigenvalue weighted by molar-refractivity contribution is -0.138. The third-order valence-electron chi connectivity index (χ3n) is 4.68. The number of carbonyl (C=O) groups excluding carboxylic acids is 3. The van der Waals surface area contributed by atoms with E-state index in [-0.39, 0.29) is 12.5 Å². The summed E-state index contributed by atoms with van der Waals surface area (Å²) in [6.07, 6.45) is 1.43.